The van der Waals surface area contributed by atoms with Gasteiger partial charge in [0.2, 0.25) is 5.82 Å². The predicted molar refractivity (Wildman–Crippen MR) is 69.7 cm³/mol. The summed E-state index contributed by atoms with van der Waals surface area (Å²) < 4.78 is 1.68. The van der Waals surface area contributed by atoms with E-state index >= 15 is 0 Å². The van der Waals surface area contributed by atoms with Gasteiger partial charge in [0, 0.05) is 26.0 Å². The summed E-state index contributed by atoms with van der Waals surface area (Å²) in [4.78, 5) is 22.8. The third-order valence-corrected chi connectivity index (χ3v) is 2.58. The fourth-order valence-corrected chi connectivity index (χ4v) is 1.68. The second kappa shape index (κ2) is 5.42. The predicted octanol–water partition coefficient (Wildman–Crippen LogP) is 1.61. The number of aryl methyl sites for hydroxylation is 1. The summed E-state index contributed by atoms with van der Waals surface area (Å²) in [5, 5.41) is 14.2. The molecule has 2 aromatic heterocycles. The Morgan fingerprint density at radius 2 is 2.21 bits per heavy atom. The van der Waals surface area contributed by atoms with Crippen LogP contribution in [0.15, 0.2) is 18.7 Å². The molecule has 1 N–H and O–H groups in total. The zero-order valence-corrected chi connectivity index (χ0v) is 10.7. The van der Waals surface area contributed by atoms with Gasteiger partial charge in [-0.15, -0.1) is 0 Å². The van der Waals surface area contributed by atoms with Crippen LogP contribution in [0.25, 0.3) is 11.5 Å². The van der Waals surface area contributed by atoms with Crippen LogP contribution in [0.1, 0.15) is 13.3 Å². The number of anilines is 1. The van der Waals surface area contributed by atoms with Gasteiger partial charge in [-0.1, -0.05) is 6.92 Å². The molecule has 0 aliphatic carbocycles. The van der Waals surface area contributed by atoms with Crippen LogP contribution >= 0.6 is 0 Å². The molecule has 0 unspecified atom stereocenters. The monoisotopic (exact) mass is 262 g/mol. The first-order chi connectivity index (χ1) is 9.15. The van der Waals surface area contributed by atoms with E-state index in [0.717, 1.165) is 6.42 Å². The van der Waals surface area contributed by atoms with Crippen LogP contribution in [0.3, 0.4) is 0 Å². The van der Waals surface area contributed by atoms with Gasteiger partial charge in [0.25, 0.3) is 0 Å². The van der Waals surface area contributed by atoms with Gasteiger partial charge in [-0.05, 0) is 6.42 Å². The van der Waals surface area contributed by atoms with Crippen molar-refractivity contribution < 1.29 is 4.92 Å². The molecule has 0 amide bonds. The van der Waals surface area contributed by atoms with E-state index in [1.165, 1.54) is 6.33 Å². The molecule has 0 spiro atoms. The Morgan fingerprint density at radius 3 is 2.79 bits per heavy atom. The smallest absolute Gasteiger partial charge is 0.340 e. The first-order valence-electron chi connectivity index (χ1n) is 5.86. The standard InChI is InChI=1S/C11H14N6O2/c1-3-4-12-10-9(17(18)19)8(14-7-15-10)11-13-5-6-16(11)2/h5-7H,3-4H2,1-2H3,(H,12,14,15). The molecule has 0 fully saturated rings. The molecule has 2 rings (SSSR count). The first kappa shape index (κ1) is 12.9. The highest BCUT2D eigenvalue weighted by molar-refractivity contribution is 5.73. The van der Waals surface area contributed by atoms with Gasteiger partial charge in [0.05, 0.1) is 4.92 Å². The molecular weight excluding hydrogens is 248 g/mol. The van der Waals surface area contributed by atoms with E-state index in [0.29, 0.717) is 12.4 Å². The van der Waals surface area contributed by atoms with Gasteiger partial charge < -0.3 is 9.88 Å². The Hall–Kier alpha value is -2.51. The van der Waals surface area contributed by atoms with E-state index in [1.807, 2.05) is 6.92 Å². The van der Waals surface area contributed by atoms with Gasteiger partial charge in [-0.3, -0.25) is 10.1 Å². The van der Waals surface area contributed by atoms with Gasteiger partial charge in [0.15, 0.2) is 11.5 Å². The summed E-state index contributed by atoms with van der Waals surface area (Å²) in [5.74, 6) is 0.661. The van der Waals surface area contributed by atoms with Crippen LogP contribution in [0, 0.1) is 10.1 Å². The van der Waals surface area contributed by atoms with Crippen molar-refractivity contribution in [2.24, 2.45) is 7.05 Å². The lowest BCUT2D eigenvalue weighted by Gasteiger charge is -2.07. The Balaban J connectivity index is 2.55. The highest BCUT2D eigenvalue weighted by Gasteiger charge is 2.25. The Kier molecular flexibility index (Phi) is 3.69. The van der Waals surface area contributed by atoms with E-state index < -0.39 is 4.92 Å². The van der Waals surface area contributed by atoms with Crippen molar-refractivity contribution in [2.45, 2.75) is 13.3 Å². The lowest BCUT2D eigenvalue weighted by molar-refractivity contribution is -0.383. The molecule has 2 heterocycles. The molecule has 8 nitrogen and oxygen atoms in total. The third kappa shape index (κ3) is 2.51. The number of imidazole rings is 1. The summed E-state index contributed by atoms with van der Waals surface area (Å²) in [6, 6.07) is 0. The minimum Gasteiger partial charge on any atom is -0.364 e. The summed E-state index contributed by atoms with van der Waals surface area (Å²) >= 11 is 0. The molecule has 0 saturated carbocycles. The molecule has 0 aliphatic heterocycles. The van der Waals surface area contributed by atoms with Crippen molar-refractivity contribution in [2.75, 3.05) is 11.9 Å². The van der Waals surface area contributed by atoms with Crippen LogP contribution in [-0.4, -0.2) is 31.0 Å². The number of rotatable bonds is 5. The Morgan fingerprint density at radius 1 is 1.42 bits per heavy atom. The van der Waals surface area contributed by atoms with Crippen molar-refractivity contribution in [3.8, 4) is 11.5 Å². The summed E-state index contributed by atoms with van der Waals surface area (Å²) in [6.07, 6.45) is 5.43. The lowest BCUT2D eigenvalue weighted by atomic mass is 10.3. The van der Waals surface area contributed by atoms with Crippen LogP contribution < -0.4 is 5.32 Å². The van der Waals surface area contributed by atoms with Gasteiger partial charge in [-0.25, -0.2) is 15.0 Å². The average molecular weight is 262 g/mol. The maximum Gasteiger partial charge on any atom is 0.340 e. The van der Waals surface area contributed by atoms with E-state index in [4.69, 9.17) is 0 Å². The molecule has 100 valence electrons. The maximum absolute atomic E-state index is 11.3. The molecule has 0 radical (unpaired) electrons. The van der Waals surface area contributed by atoms with Crippen LogP contribution in [0.4, 0.5) is 11.5 Å². The van der Waals surface area contributed by atoms with Crippen molar-refractivity contribution in [3.05, 3.63) is 28.8 Å². The van der Waals surface area contributed by atoms with Gasteiger partial charge in [0.1, 0.15) is 6.33 Å². The molecule has 8 heteroatoms. The quantitative estimate of drug-likeness (QED) is 0.649. The van der Waals surface area contributed by atoms with Crippen LogP contribution in [0.5, 0.6) is 0 Å². The first-order valence-corrected chi connectivity index (χ1v) is 5.86. The van der Waals surface area contributed by atoms with Crippen molar-refractivity contribution in [1.82, 2.24) is 19.5 Å². The SMILES string of the molecule is CCCNc1ncnc(-c2nccn2C)c1[N+](=O)[O-]. The number of nitrogens with one attached hydrogen (secondary N) is 1. The van der Waals surface area contributed by atoms with E-state index in [1.54, 1.807) is 24.0 Å². The summed E-state index contributed by atoms with van der Waals surface area (Å²) in [6.45, 7) is 2.58. The number of nitrogens with zero attached hydrogens (tertiary/aromatic N) is 5. The maximum atomic E-state index is 11.3. The number of hydrogen-bond donors (Lipinski definition) is 1. The normalized spacial score (nSPS) is 10.4. The molecular formula is C11H14N6O2. The molecule has 0 bridgehead atoms. The third-order valence-electron chi connectivity index (χ3n) is 2.58. The Labute approximate surface area is 109 Å². The van der Waals surface area contributed by atoms with E-state index in [2.05, 4.69) is 20.3 Å². The molecule has 0 aliphatic rings. The number of nitro groups is 1. The lowest BCUT2D eigenvalue weighted by Crippen LogP contribution is -2.08. The van der Waals surface area contributed by atoms with Crippen molar-refractivity contribution in [3.63, 3.8) is 0 Å². The number of aromatic nitrogens is 4. The second-order valence-electron chi connectivity index (χ2n) is 3.97. The second-order valence-corrected chi connectivity index (χ2v) is 3.97. The molecule has 19 heavy (non-hydrogen) atoms. The van der Waals surface area contributed by atoms with Crippen molar-refractivity contribution >= 4 is 11.5 Å². The largest absolute Gasteiger partial charge is 0.364 e. The molecule has 0 aromatic carbocycles. The fourth-order valence-electron chi connectivity index (χ4n) is 1.68. The highest BCUT2D eigenvalue weighted by atomic mass is 16.6. The zero-order chi connectivity index (χ0) is 13.8. The van der Waals surface area contributed by atoms with Crippen LogP contribution in [0.2, 0.25) is 0 Å². The number of hydrogen-bond acceptors (Lipinski definition) is 6. The van der Waals surface area contributed by atoms with E-state index in [9.17, 15) is 10.1 Å². The zero-order valence-electron chi connectivity index (χ0n) is 10.7. The minimum absolute atomic E-state index is 0.148. The molecule has 0 saturated heterocycles. The summed E-state index contributed by atoms with van der Waals surface area (Å²) in [5.41, 5.74) is 0.0661. The fraction of sp³-hybridized carbons (Fsp3) is 0.364. The molecule has 2 aromatic rings. The van der Waals surface area contributed by atoms with Gasteiger partial charge in [-0.2, -0.15) is 0 Å². The minimum atomic E-state index is -0.484. The van der Waals surface area contributed by atoms with Crippen molar-refractivity contribution in [1.29, 1.82) is 0 Å². The Bertz CT molecular complexity index is 595. The van der Waals surface area contributed by atoms with Gasteiger partial charge >= 0.3 is 5.69 Å². The van der Waals surface area contributed by atoms with E-state index in [-0.39, 0.29) is 17.2 Å². The van der Waals surface area contributed by atoms with Crippen LogP contribution in [-0.2, 0) is 7.05 Å². The average Bonchev–Trinajstić information content (AvgIpc) is 2.81. The molecule has 0 atom stereocenters. The summed E-state index contributed by atoms with van der Waals surface area (Å²) in [7, 11) is 1.76. The topological polar surface area (TPSA) is 98.8 Å². The highest BCUT2D eigenvalue weighted by Crippen LogP contribution is 2.31.